The molecule has 0 aromatic heterocycles. The predicted molar refractivity (Wildman–Crippen MR) is 92.6 cm³/mol. The van der Waals surface area contributed by atoms with Gasteiger partial charge in [0.25, 0.3) is 0 Å². The van der Waals surface area contributed by atoms with Gasteiger partial charge < -0.3 is 5.32 Å². The Hall–Kier alpha value is -0.620. The Bertz CT molecular complexity index is 470. The van der Waals surface area contributed by atoms with Crippen molar-refractivity contribution in [2.24, 2.45) is 5.92 Å². The Morgan fingerprint density at radius 2 is 1.87 bits per heavy atom. The van der Waals surface area contributed by atoms with Crippen LogP contribution in [0.2, 0.25) is 0 Å². The number of rotatable bonds is 7. The van der Waals surface area contributed by atoms with E-state index in [4.69, 9.17) is 0 Å². The molecule has 1 amide bonds. The summed E-state index contributed by atoms with van der Waals surface area (Å²) in [6.07, 6.45) is 10.5. The molecule has 0 aromatic rings. The molecule has 0 bridgehead atoms. The predicted octanol–water partition coefficient (Wildman–Crippen LogP) is 2.71. The number of nitrogens with one attached hydrogen (secondary N) is 2. The molecular weight excluding hydrogens is 312 g/mol. The molecule has 2 N–H and O–H groups in total. The van der Waals surface area contributed by atoms with Crippen LogP contribution >= 0.6 is 0 Å². The highest BCUT2D eigenvalue weighted by Crippen LogP contribution is 2.31. The van der Waals surface area contributed by atoms with E-state index in [0.717, 1.165) is 38.5 Å². The van der Waals surface area contributed by atoms with Crippen molar-refractivity contribution in [3.63, 3.8) is 0 Å². The minimum absolute atomic E-state index is 0.0465. The lowest BCUT2D eigenvalue weighted by molar-refractivity contribution is -0.121. The van der Waals surface area contributed by atoms with E-state index in [0.29, 0.717) is 12.5 Å². The van der Waals surface area contributed by atoms with Crippen LogP contribution in [0.25, 0.3) is 0 Å². The molecular formula is C17H32N2O3S. The summed E-state index contributed by atoms with van der Waals surface area (Å²) in [4.78, 5) is 11.6. The van der Waals surface area contributed by atoms with Gasteiger partial charge in [-0.2, -0.15) is 0 Å². The minimum Gasteiger partial charge on any atom is -0.356 e. The number of carbonyl (C=O) groups is 1. The van der Waals surface area contributed by atoms with Crippen LogP contribution < -0.4 is 10.0 Å². The maximum absolute atomic E-state index is 12.6. The second-order valence-corrected chi connectivity index (χ2v) is 9.19. The van der Waals surface area contributed by atoms with E-state index in [1.807, 2.05) is 0 Å². The third kappa shape index (κ3) is 6.07. The maximum atomic E-state index is 12.6. The summed E-state index contributed by atoms with van der Waals surface area (Å²) in [7, 11) is -3.30. The maximum Gasteiger partial charge on any atom is 0.221 e. The zero-order chi connectivity index (χ0) is 16.7. The van der Waals surface area contributed by atoms with E-state index in [-0.39, 0.29) is 23.6 Å². The standard InChI is InChI=1S/C17H32N2O3S/c1-2-3-4-6-14-8-10-16(11-9-14)23(21,22)19-15-7-5-12-18-17(20)13-15/h14-16,19H,2-13H2,1H3,(H,18,20)/t14?,15-,16?/m0/s1. The highest BCUT2D eigenvalue weighted by atomic mass is 32.2. The van der Waals surface area contributed by atoms with Gasteiger partial charge in [-0.25, -0.2) is 13.1 Å². The van der Waals surface area contributed by atoms with Gasteiger partial charge >= 0.3 is 0 Å². The van der Waals surface area contributed by atoms with Crippen molar-refractivity contribution in [2.45, 2.75) is 88.8 Å². The quantitative estimate of drug-likeness (QED) is 0.697. The molecule has 1 saturated carbocycles. The van der Waals surface area contributed by atoms with Crippen molar-refractivity contribution in [2.75, 3.05) is 6.54 Å². The number of hydrogen-bond donors (Lipinski definition) is 2. The van der Waals surface area contributed by atoms with Gasteiger partial charge in [-0.15, -0.1) is 0 Å². The molecule has 2 rings (SSSR count). The highest BCUT2D eigenvalue weighted by molar-refractivity contribution is 7.90. The molecule has 1 saturated heterocycles. The molecule has 6 heteroatoms. The number of carbonyl (C=O) groups excluding carboxylic acids is 1. The molecule has 1 heterocycles. The molecule has 1 aliphatic carbocycles. The Kier molecular flexibility index (Phi) is 7.34. The molecule has 1 aliphatic heterocycles. The van der Waals surface area contributed by atoms with Crippen LogP contribution in [0.1, 0.15) is 77.6 Å². The van der Waals surface area contributed by atoms with Crippen LogP contribution in [0.15, 0.2) is 0 Å². The fourth-order valence-electron chi connectivity index (χ4n) is 3.82. The van der Waals surface area contributed by atoms with E-state index in [1.54, 1.807) is 0 Å². The van der Waals surface area contributed by atoms with Crippen molar-refractivity contribution < 1.29 is 13.2 Å². The largest absolute Gasteiger partial charge is 0.356 e. The Balaban J connectivity index is 1.80. The van der Waals surface area contributed by atoms with Crippen LogP contribution in [-0.4, -0.2) is 32.2 Å². The molecule has 0 spiro atoms. The van der Waals surface area contributed by atoms with Gasteiger partial charge in [0.15, 0.2) is 0 Å². The smallest absolute Gasteiger partial charge is 0.221 e. The SMILES string of the molecule is CCCCCC1CCC(S(=O)(=O)N[C@H]2CCCNC(=O)C2)CC1. The summed E-state index contributed by atoms with van der Waals surface area (Å²) in [5.41, 5.74) is 0. The highest BCUT2D eigenvalue weighted by Gasteiger charge is 2.32. The number of unbranched alkanes of at least 4 members (excludes halogenated alkanes) is 2. The van der Waals surface area contributed by atoms with Gasteiger partial charge in [0.2, 0.25) is 15.9 Å². The first-order chi connectivity index (χ1) is 11.0. The van der Waals surface area contributed by atoms with Crippen molar-refractivity contribution in [1.82, 2.24) is 10.0 Å². The summed E-state index contributed by atoms with van der Waals surface area (Å²) < 4.78 is 28.0. The van der Waals surface area contributed by atoms with Gasteiger partial charge in [-0.05, 0) is 44.4 Å². The van der Waals surface area contributed by atoms with Gasteiger partial charge in [-0.3, -0.25) is 4.79 Å². The number of hydrogen-bond acceptors (Lipinski definition) is 3. The van der Waals surface area contributed by atoms with E-state index in [2.05, 4.69) is 17.0 Å². The van der Waals surface area contributed by atoms with E-state index in [9.17, 15) is 13.2 Å². The number of amides is 1. The van der Waals surface area contributed by atoms with Crippen LogP contribution in [0.4, 0.5) is 0 Å². The second-order valence-electron chi connectivity index (χ2n) is 7.19. The topological polar surface area (TPSA) is 75.3 Å². The monoisotopic (exact) mass is 344 g/mol. The average Bonchev–Trinajstić information content (AvgIpc) is 2.71. The lowest BCUT2D eigenvalue weighted by Gasteiger charge is -2.29. The van der Waals surface area contributed by atoms with Gasteiger partial charge in [0.1, 0.15) is 0 Å². The summed E-state index contributed by atoms with van der Waals surface area (Å²) in [6.45, 7) is 2.86. The zero-order valence-corrected chi connectivity index (χ0v) is 15.2. The van der Waals surface area contributed by atoms with Gasteiger partial charge in [0, 0.05) is 19.0 Å². The van der Waals surface area contributed by atoms with Crippen LogP contribution in [-0.2, 0) is 14.8 Å². The summed E-state index contributed by atoms with van der Waals surface area (Å²) >= 11 is 0. The summed E-state index contributed by atoms with van der Waals surface area (Å²) in [5.74, 6) is 0.659. The first-order valence-electron chi connectivity index (χ1n) is 9.29. The Morgan fingerprint density at radius 3 is 2.57 bits per heavy atom. The molecule has 23 heavy (non-hydrogen) atoms. The van der Waals surface area contributed by atoms with Crippen LogP contribution in [0.3, 0.4) is 0 Å². The first kappa shape index (κ1) is 18.7. The molecule has 5 nitrogen and oxygen atoms in total. The van der Waals surface area contributed by atoms with E-state index < -0.39 is 10.0 Å². The molecule has 0 radical (unpaired) electrons. The Labute approximate surface area is 141 Å². The first-order valence-corrected chi connectivity index (χ1v) is 10.8. The van der Waals surface area contributed by atoms with E-state index >= 15 is 0 Å². The van der Waals surface area contributed by atoms with E-state index in [1.165, 1.54) is 25.7 Å². The summed E-state index contributed by atoms with van der Waals surface area (Å²) in [5, 5.41) is 2.53. The zero-order valence-electron chi connectivity index (χ0n) is 14.4. The second kappa shape index (κ2) is 9.02. The molecule has 2 fully saturated rings. The molecule has 2 aliphatic rings. The van der Waals surface area contributed by atoms with Crippen molar-refractivity contribution >= 4 is 15.9 Å². The minimum atomic E-state index is -3.30. The van der Waals surface area contributed by atoms with Crippen molar-refractivity contribution in [3.8, 4) is 0 Å². The molecule has 1 atom stereocenters. The summed E-state index contributed by atoms with van der Waals surface area (Å²) in [6, 6.07) is -0.232. The third-order valence-corrected chi connectivity index (χ3v) is 7.27. The van der Waals surface area contributed by atoms with Crippen LogP contribution in [0.5, 0.6) is 0 Å². The van der Waals surface area contributed by atoms with Gasteiger partial charge in [-0.1, -0.05) is 32.6 Å². The normalized spacial score (nSPS) is 29.8. The van der Waals surface area contributed by atoms with Crippen LogP contribution in [0, 0.1) is 5.92 Å². The van der Waals surface area contributed by atoms with Gasteiger partial charge in [0.05, 0.1) is 5.25 Å². The van der Waals surface area contributed by atoms with Crippen molar-refractivity contribution in [3.05, 3.63) is 0 Å². The molecule has 0 unspecified atom stereocenters. The van der Waals surface area contributed by atoms with Crippen molar-refractivity contribution in [1.29, 1.82) is 0 Å². The third-order valence-electron chi connectivity index (χ3n) is 5.26. The lowest BCUT2D eigenvalue weighted by atomic mass is 9.85. The Morgan fingerprint density at radius 1 is 1.13 bits per heavy atom. The molecule has 0 aromatic carbocycles. The number of sulfonamides is 1. The molecule has 134 valence electrons. The fourth-order valence-corrected chi connectivity index (χ4v) is 5.57. The lowest BCUT2D eigenvalue weighted by Crippen LogP contribution is -2.43. The fraction of sp³-hybridized carbons (Fsp3) is 0.941. The average molecular weight is 345 g/mol.